The zero-order chi connectivity index (χ0) is 17.9. The van der Waals surface area contributed by atoms with Gasteiger partial charge in [-0.2, -0.15) is 0 Å². The van der Waals surface area contributed by atoms with E-state index >= 15 is 0 Å². The van der Waals surface area contributed by atoms with Crippen LogP contribution in [0.5, 0.6) is 0 Å². The predicted molar refractivity (Wildman–Crippen MR) is 125 cm³/mol. The van der Waals surface area contributed by atoms with Gasteiger partial charge < -0.3 is 20.4 Å². The number of rotatable bonds is 8. The van der Waals surface area contributed by atoms with Gasteiger partial charge in [0.25, 0.3) is 0 Å². The standard InChI is InChI=1S/C19H35N5S.HI/c1-4-20-19(22-16-17(2)15-18-7-5-14-25-18)21-8-11-24-10-6-9-23(3)12-13-24;/h5,7,14,17H,4,6,8-13,15-16H2,1-3H3,(H2,20,21,22);1H. The molecule has 2 N–H and O–H groups in total. The number of likely N-dealkylation sites (N-methyl/N-ethyl adjacent to an activating group) is 1. The maximum absolute atomic E-state index is 4.78. The van der Waals surface area contributed by atoms with Gasteiger partial charge in [0, 0.05) is 44.1 Å². The molecular formula is C19H36IN5S. The van der Waals surface area contributed by atoms with Gasteiger partial charge in [0.2, 0.25) is 0 Å². The molecule has 5 nitrogen and oxygen atoms in total. The topological polar surface area (TPSA) is 42.9 Å². The van der Waals surface area contributed by atoms with Crippen LogP contribution in [-0.4, -0.2) is 75.2 Å². The molecule has 2 heterocycles. The molecule has 0 aromatic carbocycles. The Labute approximate surface area is 180 Å². The lowest BCUT2D eigenvalue weighted by molar-refractivity contribution is 0.280. The Morgan fingerprint density at radius 3 is 2.85 bits per heavy atom. The van der Waals surface area contributed by atoms with Crippen molar-refractivity contribution >= 4 is 41.3 Å². The third-order valence-corrected chi connectivity index (χ3v) is 5.47. The summed E-state index contributed by atoms with van der Waals surface area (Å²) in [5.74, 6) is 1.52. The second-order valence-electron chi connectivity index (χ2n) is 7.03. The highest BCUT2D eigenvalue weighted by molar-refractivity contribution is 14.0. The minimum atomic E-state index is 0. The van der Waals surface area contributed by atoms with Gasteiger partial charge in [-0.05, 0) is 57.3 Å². The second-order valence-corrected chi connectivity index (χ2v) is 8.07. The third kappa shape index (κ3) is 9.53. The number of halogens is 1. The monoisotopic (exact) mass is 493 g/mol. The summed E-state index contributed by atoms with van der Waals surface area (Å²) in [4.78, 5) is 11.2. The van der Waals surface area contributed by atoms with E-state index in [1.807, 2.05) is 11.3 Å². The number of hydrogen-bond donors (Lipinski definition) is 2. The predicted octanol–water partition coefficient (Wildman–Crippen LogP) is 2.74. The molecule has 1 saturated heterocycles. The zero-order valence-electron chi connectivity index (χ0n) is 16.5. The van der Waals surface area contributed by atoms with Crippen LogP contribution in [0.25, 0.3) is 0 Å². The van der Waals surface area contributed by atoms with Crippen molar-refractivity contribution in [1.29, 1.82) is 0 Å². The lowest BCUT2D eigenvalue weighted by Crippen LogP contribution is -2.42. The van der Waals surface area contributed by atoms with Gasteiger partial charge >= 0.3 is 0 Å². The van der Waals surface area contributed by atoms with Crippen LogP contribution in [0.2, 0.25) is 0 Å². The summed E-state index contributed by atoms with van der Waals surface area (Å²) in [5.41, 5.74) is 0. The van der Waals surface area contributed by atoms with Crippen molar-refractivity contribution in [3.05, 3.63) is 22.4 Å². The largest absolute Gasteiger partial charge is 0.357 e. The van der Waals surface area contributed by atoms with Crippen LogP contribution in [0.1, 0.15) is 25.1 Å². The molecule has 26 heavy (non-hydrogen) atoms. The van der Waals surface area contributed by atoms with E-state index in [2.05, 4.69) is 58.8 Å². The fourth-order valence-electron chi connectivity index (χ4n) is 3.08. The van der Waals surface area contributed by atoms with Crippen molar-refractivity contribution in [2.75, 3.05) is 59.4 Å². The van der Waals surface area contributed by atoms with Crippen molar-refractivity contribution in [2.45, 2.75) is 26.7 Å². The molecule has 2 rings (SSSR count). The summed E-state index contributed by atoms with van der Waals surface area (Å²) in [7, 11) is 2.22. The number of hydrogen-bond acceptors (Lipinski definition) is 4. The molecule has 1 aromatic rings. The number of nitrogens with one attached hydrogen (secondary N) is 2. The van der Waals surface area contributed by atoms with E-state index in [1.165, 1.54) is 37.5 Å². The molecule has 7 heteroatoms. The highest BCUT2D eigenvalue weighted by Crippen LogP contribution is 2.14. The Bertz CT molecular complexity index is 494. The molecule has 0 bridgehead atoms. The molecule has 150 valence electrons. The molecule has 1 aliphatic heterocycles. The number of nitrogens with zero attached hydrogens (tertiary/aromatic N) is 3. The summed E-state index contributed by atoms with van der Waals surface area (Å²) < 4.78 is 0. The van der Waals surface area contributed by atoms with Crippen LogP contribution >= 0.6 is 35.3 Å². The van der Waals surface area contributed by atoms with Gasteiger partial charge in [0.05, 0.1) is 0 Å². The van der Waals surface area contributed by atoms with Crippen LogP contribution < -0.4 is 10.6 Å². The first-order valence-corrected chi connectivity index (χ1v) is 10.5. The summed E-state index contributed by atoms with van der Waals surface area (Å²) in [6.07, 6.45) is 2.38. The van der Waals surface area contributed by atoms with E-state index in [0.717, 1.165) is 38.6 Å². The fraction of sp³-hybridized carbons (Fsp3) is 0.737. The summed E-state index contributed by atoms with van der Waals surface area (Å²) in [6, 6.07) is 4.34. The number of aliphatic imine (C=N–C) groups is 1. The summed E-state index contributed by atoms with van der Waals surface area (Å²) >= 11 is 1.84. The lowest BCUT2D eigenvalue weighted by Gasteiger charge is -2.21. The van der Waals surface area contributed by atoms with Crippen molar-refractivity contribution in [1.82, 2.24) is 20.4 Å². The summed E-state index contributed by atoms with van der Waals surface area (Å²) in [6.45, 7) is 13.0. The van der Waals surface area contributed by atoms with Gasteiger partial charge in [-0.3, -0.25) is 4.99 Å². The average Bonchev–Trinajstić information content (AvgIpc) is 3.01. The zero-order valence-corrected chi connectivity index (χ0v) is 19.7. The first-order valence-electron chi connectivity index (χ1n) is 9.62. The molecule has 1 aromatic heterocycles. The molecule has 1 unspecified atom stereocenters. The van der Waals surface area contributed by atoms with Crippen LogP contribution in [0.4, 0.5) is 0 Å². The third-order valence-electron chi connectivity index (χ3n) is 4.57. The Morgan fingerprint density at radius 2 is 2.12 bits per heavy atom. The highest BCUT2D eigenvalue weighted by atomic mass is 127. The Kier molecular flexibility index (Phi) is 12.5. The lowest BCUT2D eigenvalue weighted by atomic mass is 10.1. The van der Waals surface area contributed by atoms with Crippen LogP contribution in [0, 0.1) is 5.92 Å². The van der Waals surface area contributed by atoms with E-state index in [1.54, 1.807) is 0 Å². The Morgan fingerprint density at radius 1 is 1.27 bits per heavy atom. The normalized spacial score (nSPS) is 18.0. The molecule has 1 aliphatic rings. The van der Waals surface area contributed by atoms with Crippen molar-refractivity contribution in [2.24, 2.45) is 10.9 Å². The Hall–Kier alpha value is -0.380. The van der Waals surface area contributed by atoms with Crippen LogP contribution in [-0.2, 0) is 6.42 Å². The second kappa shape index (κ2) is 13.7. The quantitative estimate of drug-likeness (QED) is 0.332. The van der Waals surface area contributed by atoms with E-state index in [9.17, 15) is 0 Å². The minimum absolute atomic E-state index is 0. The van der Waals surface area contributed by atoms with Crippen molar-refractivity contribution < 1.29 is 0 Å². The average molecular weight is 494 g/mol. The van der Waals surface area contributed by atoms with Crippen LogP contribution in [0.3, 0.4) is 0 Å². The van der Waals surface area contributed by atoms with E-state index in [4.69, 9.17) is 4.99 Å². The molecule has 0 amide bonds. The maximum atomic E-state index is 4.78. The first-order chi connectivity index (χ1) is 12.2. The van der Waals surface area contributed by atoms with Crippen LogP contribution in [0.15, 0.2) is 22.5 Å². The Balaban J connectivity index is 0.00000338. The molecule has 0 saturated carbocycles. The van der Waals surface area contributed by atoms with Gasteiger partial charge in [0.15, 0.2) is 5.96 Å². The highest BCUT2D eigenvalue weighted by Gasteiger charge is 2.11. The maximum Gasteiger partial charge on any atom is 0.191 e. The molecule has 1 fully saturated rings. The van der Waals surface area contributed by atoms with E-state index in [0.29, 0.717) is 5.92 Å². The van der Waals surface area contributed by atoms with Gasteiger partial charge in [0.1, 0.15) is 0 Å². The SMILES string of the molecule is CCNC(=NCC(C)Cc1cccs1)NCCN1CCCN(C)CC1.I. The first kappa shape index (κ1) is 23.7. The van der Waals surface area contributed by atoms with Crippen molar-refractivity contribution in [3.8, 4) is 0 Å². The van der Waals surface area contributed by atoms with Gasteiger partial charge in [-0.15, -0.1) is 35.3 Å². The molecule has 1 atom stereocenters. The smallest absolute Gasteiger partial charge is 0.191 e. The molecule has 0 radical (unpaired) electrons. The van der Waals surface area contributed by atoms with Gasteiger partial charge in [-0.1, -0.05) is 13.0 Å². The molecule has 0 spiro atoms. The van der Waals surface area contributed by atoms with E-state index in [-0.39, 0.29) is 24.0 Å². The summed E-state index contributed by atoms with van der Waals surface area (Å²) in [5, 5.41) is 9.02. The van der Waals surface area contributed by atoms with Crippen molar-refractivity contribution in [3.63, 3.8) is 0 Å². The fourth-order valence-corrected chi connectivity index (χ4v) is 3.95. The molecule has 0 aliphatic carbocycles. The minimum Gasteiger partial charge on any atom is -0.357 e. The number of thiophene rings is 1. The number of guanidine groups is 1. The van der Waals surface area contributed by atoms with E-state index < -0.39 is 0 Å². The van der Waals surface area contributed by atoms with Gasteiger partial charge in [-0.25, -0.2) is 0 Å². The molecular weight excluding hydrogens is 457 g/mol.